The molecule has 0 bridgehead atoms. The van der Waals surface area contributed by atoms with Crippen molar-refractivity contribution >= 4 is 33.4 Å². The first-order valence-corrected chi connectivity index (χ1v) is 8.05. The first-order chi connectivity index (χ1) is 9.90. The molecule has 2 atom stereocenters. The number of carbonyl (C=O) groups excluding carboxylic acids is 2. The first kappa shape index (κ1) is 14.6. The number of aryl methyl sites for hydroxylation is 1. The zero-order chi connectivity index (χ0) is 15.3. The monoisotopic (exact) mass is 350 g/mol. The first-order valence-electron chi connectivity index (χ1n) is 7.25. The summed E-state index contributed by atoms with van der Waals surface area (Å²) in [6.07, 6.45) is 2.33. The van der Waals surface area contributed by atoms with Gasteiger partial charge in [0.15, 0.2) is 0 Å². The second-order valence-corrected chi connectivity index (χ2v) is 7.09. The molecule has 2 amide bonds. The third kappa shape index (κ3) is 2.27. The van der Waals surface area contributed by atoms with E-state index < -0.39 is 6.04 Å². The van der Waals surface area contributed by atoms with Gasteiger partial charge in [0.05, 0.1) is 5.69 Å². The summed E-state index contributed by atoms with van der Waals surface area (Å²) in [4.78, 5) is 28.6. The molecule has 0 spiro atoms. The summed E-state index contributed by atoms with van der Waals surface area (Å²) in [5.41, 5.74) is 3.25. The number of halogens is 1. The van der Waals surface area contributed by atoms with Crippen LogP contribution < -0.4 is 4.90 Å². The van der Waals surface area contributed by atoms with Gasteiger partial charge in [0, 0.05) is 30.9 Å². The van der Waals surface area contributed by atoms with E-state index in [-0.39, 0.29) is 17.7 Å². The number of nitrogens with zero attached hydrogens (tertiary/aromatic N) is 2. The van der Waals surface area contributed by atoms with Crippen LogP contribution in [0.15, 0.2) is 16.6 Å². The Hall–Kier alpha value is -1.36. The largest absolute Gasteiger partial charge is 0.347 e. The maximum atomic E-state index is 12.7. The van der Waals surface area contributed by atoms with Gasteiger partial charge in [0.25, 0.3) is 0 Å². The van der Waals surface area contributed by atoms with Gasteiger partial charge in [-0.3, -0.25) is 14.5 Å². The summed E-state index contributed by atoms with van der Waals surface area (Å²) in [6.45, 7) is 1.96. The molecule has 3 rings (SSSR count). The molecular weight excluding hydrogens is 332 g/mol. The molecule has 2 aliphatic rings. The summed E-state index contributed by atoms with van der Waals surface area (Å²) in [6, 6.07) is 3.73. The van der Waals surface area contributed by atoms with Crippen molar-refractivity contribution < 1.29 is 9.59 Å². The minimum absolute atomic E-state index is 0.00396. The van der Waals surface area contributed by atoms with Crippen molar-refractivity contribution in [1.29, 1.82) is 0 Å². The van der Waals surface area contributed by atoms with Crippen molar-refractivity contribution in [3.8, 4) is 0 Å². The number of likely N-dealkylation sites (N-methyl/N-ethyl adjacent to an activating group) is 1. The Bertz CT molecular complexity index is 627. The van der Waals surface area contributed by atoms with Gasteiger partial charge in [-0.2, -0.15) is 0 Å². The van der Waals surface area contributed by atoms with E-state index in [0.29, 0.717) is 6.42 Å². The van der Waals surface area contributed by atoms with E-state index in [4.69, 9.17) is 0 Å². The van der Waals surface area contributed by atoms with Crippen LogP contribution in [0.25, 0.3) is 0 Å². The minimum Gasteiger partial charge on any atom is -0.347 e. The molecule has 0 aromatic heterocycles. The molecule has 0 unspecified atom stereocenters. The summed E-state index contributed by atoms with van der Waals surface area (Å²) < 4.78 is 1.02. The average Bonchev–Trinajstić information content (AvgIpc) is 2.75. The molecule has 1 aromatic rings. The highest BCUT2D eigenvalue weighted by Gasteiger charge is 2.43. The molecular formula is C16H19BrN2O2. The Morgan fingerprint density at radius 1 is 1.33 bits per heavy atom. The van der Waals surface area contributed by atoms with E-state index in [9.17, 15) is 9.59 Å². The number of anilines is 1. The van der Waals surface area contributed by atoms with Crippen molar-refractivity contribution in [3.05, 3.63) is 27.7 Å². The Balaban J connectivity index is 2.14. The van der Waals surface area contributed by atoms with Gasteiger partial charge in [-0.1, -0.05) is 22.9 Å². The molecule has 112 valence electrons. The molecule has 0 fully saturated rings. The van der Waals surface area contributed by atoms with Gasteiger partial charge in [-0.15, -0.1) is 0 Å². The molecule has 5 heteroatoms. The van der Waals surface area contributed by atoms with Gasteiger partial charge >= 0.3 is 0 Å². The van der Waals surface area contributed by atoms with Crippen LogP contribution >= 0.6 is 15.9 Å². The fraction of sp³-hybridized carbons (Fsp3) is 0.500. The third-order valence-corrected chi connectivity index (χ3v) is 4.89. The fourth-order valence-electron chi connectivity index (χ4n) is 3.32. The normalized spacial score (nSPS) is 23.8. The molecule has 0 radical (unpaired) electrons. The van der Waals surface area contributed by atoms with Crippen molar-refractivity contribution in [1.82, 2.24) is 4.90 Å². The maximum absolute atomic E-state index is 12.7. The summed E-state index contributed by atoms with van der Waals surface area (Å²) >= 11 is 3.54. The average molecular weight is 351 g/mol. The van der Waals surface area contributed by atoms with Crippen molar-refractivity contribution in [2.45, 2.75) is 32.2 Å². The van der Waals surface area contributed by atoms with Crippen LogP contribution in [0.1, 0.15) is 24.5 Å². The zero-order valence-corrected chi connectivity index (χ0v) is 14.1. The molecule has 2 aliphatic heterocycles. The van der Waals surface area contributed by atoms with Crippen LogP contribution in [0.3, 0.4) is 0 Å². The van der Waals surface area contributed by atoms with Crippen molar-refractivity contribution in [3.63, 3.8) is 0 Å². The molecule has 2 heterocycles. The molecule has 21 heavy (non-hydrogen) atoms. The lowest BCUT2D eigenvalue weighted by molar-refractivity contribution is -0.132. The number of carbonyl (C=O) groups is 2. The number of hydrogen-bond donors (Lipinski definition) is 0. The van der Waals surface area contributed by atoms with Gasteiger partial charge in [0.2, 0.25) is 11.8 Å². The number of amides is 2. The molecule has 0 saturated heterocycles. The lowest BCUT2D eigenvalue weighted by Crippen LogP contribution is -2.48. The summed E-state index contributed by atoms with van der Waals surface area (Å²) in [5.74, 6) is 0.0327. The molecule has 0 N–H and O–H groups in total. The van der Waals surface area contributed by atoms with Crippen LogP contribution in [0.2, 0.25) is 0 Å². The van der Waals surface area contributed by atoms with Gasteiger partial charge in [-0.05, 0) is 36.1 Å². The van der Waals surface area contributed by atoms with E-state index in [1.54, 1.807) is 23.9 Å². The maximum Gasteiger partial charge on any atom is 0.245 e. The predicted molar refractivity (Wildman–Crippen MR) is 85.3 cm³/mol. The second kappa shape index (κ2) is 5.13. The molecule has 4 nitrogen and oxygen atoms in total. The van der Waals surface area contributed by atoms with E-state index in [1.165, 1.54) is 5.56 Å². The zero-order valence-electron chi connectivity index (χ0n) is 12.5. The fourth-order valence-corrected chi connectivity index (χ4v) is 3.87. The smallest absolute Gasteiger partial charge is 0.245 e. The standard InChI is InChI=1S/C16H19BrN2O2/c1-9-4-5-10-6-12(17)7-11-8-13(16(21)18(2)3)19(14(10)11)15(9)20/h6-7,9,13H,4-5,8H2,1-3H3/t9-,13-/m0/s1. The molecule has 1 aromatic carbocycles. The van der Waals surface area contributed by atoms with Crippen LogP contribution in [-0.4, -0.2) is 36.9 Å². The van der Waals surface area contributed by atoms with E-state index in [0.717, 1.165) is 28.6 Å². The van der Waals surface area contributed by atoms with Crippen LogP contribution in [0.5, 0.6) is 0 Å². The van der Waals surface area contributed by atoms with Crippen molar-refractivity contribution in [2.75, 3.05) is 19.0 Å². The van der Waals surface area contributed by atoms with E-state index in [2.05, 4.69) is 22.0 Å². The van der Waals surface area contributed by atoms with Crippen molar-refractivity contribution in [2.24, 2.45) is 5.92 Å². The Kier molecular flexibility index (Phi) is 3.56. The SMILES string of the molecule is C[C@H]1CCc2cc(Br)cc3c2N(C1=O)[C@H](C(=O)N(C)C)C3. The lowest BCUT2D eigenvalue weighted by Gasteiger charge is -2.28. The highest BCUT2D eigenvalue weighted by atomic mass is 79.9. The van der Waals surface area contributed by atoms with Gasteiger partial charge in [-0.25, -0.2) is 0 Å². The number of benzene rings is 1. The highest BCUT2D eigenvalue weighted by molar-refractivity contribution is 9.10. The van der Waals surface area contributed by atoms with Gasteiger partial charge in [0.1, 0.15) is 6.04 Å². The van der Waals surface area contributed by atoms with Crippen LogP contribution in [-0.2, 0) is 22.4 Å². The highest BCUT2D eigenvalue weighted by Crippen LogP contribution is 2.42. The quantitative estimate of drug-likeness (QED) is 0.780. The van der Waals surface area contributed by atoms with E-state index in [1.807, 2.05) is 13.0 Å². The Morgan fingerprint density at radius 3 is 2.67 bits per heavy atom. The van der Waals surface area contributed by atoms with Crippen LogP contribution in [0.4, 0.5) is 5.69 Å². The molecule has 0 aliphatic carbocycles. The third-order valence-electron chi connectivity index (χ3n) is 4.43. The Labute approximate surface area is 133 Å². The molecule has 0 saturated carbocycles. The van der Waals surface area contributed by atoms with E-state index >= 15 is 0 Å². The lowest BCUT2D eigenvalue weighted by atomic mass is 9.99. The van der Waals surface area contributed by atoms with Crippen LogP contribution in [0, 0.1) is 5.92 Å². The van der Waals surface area contributed by atoms with Gasteiger partial charge < -0.3 is 4.90 Å². The topological polar surface area (TPSA) is 40.6 Å². The summed E-state index contributed by atoms with van der Waals surface area (Å²) in [5, 5.41) is 0. The minimum atomic E-state index is -0.393. The number of rotatable bonds is 1. The summed E-state index contributed by atoms with van der Waals surface area (Å²) in [7, 11) is 3.49. The Morgan fingerprint density at radius 2 is 2.00 bits per heavy atom. The number of hydrogen-bond acceptors (Lipinski definition) is 2. The predicted octanol–water partition coefficient (Wildman–Crippen LogP) is 2.38. The second-order valence-electron chi connectivity index (χ2n) is 6.17.